The van der Waals surface area contributed by atoms with Gasteiger partial charge in [-0.25, -0.2) is 0 Å². The number of nitrogen functional groups attached to an aromatic ring is 1. The van der Waals surface area contributed by atoms with E-state index in [0.29, 0.717) is 11.8 Å². The molecule has 1 atom stereocenters. The minimum atomic E-state index is 0.372. The van der Waals surface area contributed by atoms with Gasteiger partial charge in [-0.15, -0.1) is 0 Å². The van der Waals surface area contributed by atoms with Gasteiger partial charge in [-0.2, -0.15) is 0 Å². The average Bonchev–Trinajstić information content (AvgIpc) is 2.75. The second-order valence-electron chi connectivity index (χ2n) is 4.04. The Kier molecular flexibility index (Phi) is 2.95. The third-order valence-corrected chi connectivity index (χ3v) is 3.00. The number of aromatic nitrogens is 1. The average molecular weight is 216 g/mol. The van der Waals surface area contributed by atoms with Crippen LogP contribution in [0.3, 0.4) is 0 Å². The molecular formula is C13H16N2O. The van der Waals surface area contributed by atoms with Gasteiger partial charge in [0.15, 0.2) is 0 Å². The van der Waals surface area contributed by atoms with Gasteiger partial charge >= 0.3 is 0 Å². The van der Waals surface area contributed by atoms with Gasteiger partial charge in [-0.3, -0.25) is 0 Å². The SMILES string of the molecule is CCC(C)c1ccc(-c2cnoc2N)cc1. The van der Waals surface area contributed by atoms with Gasteiger partial charge in [0.25, 0.3) is 0 Å². The molecule has 0 fully saturated rings. The first-order valence-corrected chi connectivity index (χ1v) is 5.52. The molecule has 0 radical (unpaired) electrons. The first kappa shape index (κ1) is 10.7. The van der Waals surface area contributed by atoms with Crippen LogP contribution in [0.5, 0.6) is 0 Å². The number of rotatable bonds is 3. The summed E-state index contributed by atoms with van der Waals surface area (Å²) in [4.78, 5) is 0. The molecule has 0 saturated carbocycles. The second-order valence-corrected chi connectivity index (χ2v) is 4.04. The Labute approximate surface area is 95.3 Å². The Bertz CT molecular complexity index is 459. The van der Waals surface area contributed by atoms with Crippen molar-refractivity contribution in [2.24, 2.45) is 0 Å². The van der Waals surface area contributed by atoms with E-state index in [0.717, 1.165) is 17.5 Å². The molecule has 16 heavy (non-hydrogen) atoms. The van der Waals surface area contributed by atoms with Crippen LogP contribution in [-0.4, -0.2) is 5.16 Å². The molecule has 2 aromatic rings. The molecule has 0 saturated heterocycles. The summed E-state index contributed by atoms with van der Waals surface area (Å²) >= 11 is 0. The molecule has 0 bridgehead atoms. The minimum Gasteiger partial charge on any atom is -0.367 e. The van der Waals surface area contributed by atoms with E-state index < -0.39 is 0 Å². The molecule has 3 heteroatoms. The zero-order valence-corrected chi connectivity index (χ0v) is 9.60. The fourth-order valence-electron chi connectivity index (χ4n) is 1.69. The van der Waals surface area contributed by atoms with Crippen molar-refractivity contribution < 1.29 is 4.52 Å². The van der Waals surface area contributed by atoms with Crippen molar-refractivity contribution in [3.05, 3.63) is 36.0 Å². The van der Waals surface area contributed by atoms with E-state index in [4.69, 9.17) is 10.3 Å². The van der Waals surface area contributed by atoms with Crippen LogP contribution in [0, 0.1) is 0 Å². The molecule has 3 nitrogen and oxygen atoms in total. The molecule has 0 aliphatic carbocycles. The highest BCUT2D eigenvalue weighted by molar-refractivity contribution is 5.71. The maximum atomic E-state index is 5.67. The van der Waals surface area contributed by atoms with Crippen LogP contribution in [0.4, 0.5) is 5.88 Å². The van der Waals surface area contributed by atoms with Crippen LogP contribution in [0.2, 0.25) is 0 Å². The molecule has 2 N–H and O–H groups in total. The quantitative estimate of drug-likeness (QED) is 0.855. The fraction of sp³-hybridized carbons (Fsp3) is 0.308. The maximum Gasteiger partial charge on any atom is 0.229 e. The Morgan fingerprint density at radius 3 is 2.50 bits per heavy atom. The number of nitrogens with two attached hydrogens (primary N) is 1. The summed E-state index contributed by atoms with van der Waals surface area (Å²) in [6, 6.07) is 8.39. The molecule has 1 unspecified atom stereocenters. The standard InChI is InChI=1S/C13H16N2O/c1-3-9(2)10-4-6-11(7-5-10)12-8-15-16-13(12)14/h4-9H,3,14H2,1-2H3. The number of nitrogens with zero attached hydrogens (tertiary/aromatic N) is 1. The van der Waals surface area contributed by atoms with Gasteiger partial charge in [0.05, 0.1) is 11.8 Å². The van der Waals surface area contributed by atoms with Gasteiger partial charge in [0.2, 0.25) is 5.88 Å². The lowest BCUT2D eigenvalue weighted by Gasteiger charge is -2.09. The van der Waals surface area contributed by atoms with Crippen LogP contribution in [0.1, 0.15) is 31.7 Å². The summed E-state index contributed by atoms with van der Waals surface area (Å²) in [5.41, 5.74) is 8.92. The fourth-order valence-corrected chi connectivity index (χ4v) is 1.69. The molecule has 0 aliphatic rings. The number of hydrogen-bond acceptors (Lipinski definition) is 3. The maximum absolute atomic E-state index is 5.67. The van der Waals surface area contributed by atoms with E-state index in [1.807, 2.05) is 0 Å². The van der Waals surface area contributed by atoms with Crippen LogP contribution in [-0.2, 0) is 0 Å². The van der Waals surface area contributed by atoms with Crippen molar-refractivity contribution in [1.29, 1.82) is 0 Å². The highest BCUT2D eigenvalue weighted by Gasteiger charge is 2.08. The molecule has 0 aliphatic heterocycles. The molecule has 2 rings (SSSR count). The van der Waals surface area contributed by atoms with E-state index >= 15 is 0 Å². The molecule has 1 heterocycles. The molecule has 0 spiro atoms. The summed E-state index contributed by atoms with van der Waals surface area (Å²) in [5, 5.41) is 3.67. The highest BCUT2D eigenvalue weighted by atomic mass is 16.5. The summed E-state index contributed by atoms with van der Waals surface area (Å²) < 4.78 is 4.85. The van der Waals surface area contributed by atoms with Crippen molar-refractivity contribution >= 4 is 5.88 Å². The Morgan fingerprint density at radius 1 is 1.31 bits per heavy atom. The van der Waals surface area contributed by atoms with Gasteiger partial charge in [0, 0.05) is 0 Å². The summed E-state index contributed by atoms with van der Waals surface area (Å²) in [6.45, 7) is 4.42. The molecule has 84 valence electrons. The van der Waals surface area contributed by atoms with Crippen molar-refractivity contribution in [3.8, 4) is 11.1 Å². The zero-order chi connectivity index (χ0) is 11.5. The van der Waals surface area contributed by atoms with E-state index in [1.165, 1.54) is 5.56 Å². The van der Waals surface area contributed by atoms with E-state index in [2.05, 4.69) is 43.3 Å². The summed E-state index contributed by atoms with van der Waals surface area (Å²) in [7, 11) is 0. The lowest BCUT2D eigenvalue weighted by molar-refractivity contribution is 0.436. The Balaban J connectivity index is 2.30. The number of anilines is 1. The topological polar surface area (TPSA) is 52.0 Å². The monoisotopic (exact) mass is 216 g/mol. The minimum absolute atomic E-state index is 0.372. The Morgan fingerprint density at radius 2 is 2.00 bits per heavy atom. The third kappa shape index (κ3) is 1.94. The summed E-state index contributed by atoms with van der Waals surface area (Å²) in [6.07, 6.45) is 2.79. The van der Waals surface area contributed by atoms with Gasteiger partial charge in [-0.1, -0.05) is 43.3 Å². The van der Waals surface area contributed by atoms with E-state index in [-0.39, 0.29) is 0 Å². The largest absolute Gasteiger partial charge is 0.367 e. The normalized spacial score (nSPS) is 12.6. The first-order valence-electron chi connectivity index (χ1n) is 5.52. The predicted octanol–water partition coefficient (Wildman–Crippen LogP) is 3.44. The van der Waals surface area contributed by atoms with Crippen LogP contribution in [0.25, 0.3) is 11.1 Å². The molecule has 1 aromatic heterocycles. The first-order chi connectivity index (χ1) is 7.72. The van der Waals surface area contributed by atoms with Crippen LogP contribution >= 0.6 is 0 Å². The molecular weight excluding hydrogens is 200 g/mol. The smallest absolute Gasteiger partial charge is 0.229 e. The van der Waals surface area contributed by atoms with Gasteiger partial charge in [-0.05, 0) is 23.5 Å². The van der Waals surface area contributed by atoms with E-state index in [9.17, 15) is 0 Å². The van der Waals surface area contributed by atoms with Crippen LogP contribution < -0.4 is 5.73 Å². The summed E-state index contributed by atoms with van der Waals surface area (Å²) in [5.74, 6) is 0.963. The Hall–Kier alpha value is -1.77. The van der Waals surface area contributed by atoms with Crippen molar-refractivity contribution in [2.45, 2.75) is 26.2 Å². The number of benzene rings is 1. The predicted molar refractivity (Wildman–Crippen MR) is 65.1 cm³/mol. The van der Waals surface area contributed by atoms with Gasteiger partial charge < -0.3 is 10.3 Å². The lowest BCUT2D eigenvalue weighted by Crippen LogP contribution is -1.91. The highest BCUT2D eigenvalue weighted by Crippen LogP contribution is 2.27. The molecule has 0 amide bonds. The van der Waals surface area contributed by atoms with Crippen molar-refractivity contribution in [1.82, 2.24) is 5.16 Å². The second kappa shape index (κ2) is 4.39. The molecule has 1 aromatic carbocycles. The lowest BCUT2D eigenvalue weighted by atomic mass is 9.96. The van der Waals surface area contributed by atoms with Crippen LogP contribution in [0.15, 0.2) is 35.0 Å². The van der Waals surface area contributed by atoms with Gasteiger partial charge in [0.1, 0.15) is 0 Å². The van der Waals surface area contributed by atoms with Crippen molar-refractivity contribution in [2.75, 3.05) is 5.73 Å². The number of hydrogen-bond donors (Lipinski definition) is 1. The zero-order valence-electron chi connectivity index (χ0n) is 9.60. The van der Waals surface area contributed by atoms with Crippen molar-refractivity contribution in [3.63, 3.8) is 0 Å². The van der Waals surface area contributed by atoms with E-state index in [1.54, 1.807) is 6.20 Å². The third-order valence-electron chi connectivity index (χ3n) is 3.00.